The second kappa shape index (κ2) is 5.47. The van der Waals surface area contributed by atoms with Gasteiger partial charge in [-0.1, -0.05) is 6.07 Å². The molecule has 1 aromatic carbocycles. The first-order valence-electron chi connectivity index (χ1n) is 7.07. The summed E-state index contributed by atoms with van der Waals surface area (Å²) in [5.74, 6) is 0. The molecule has 0 bridgehead atoms. The molecular weight excluding hydrogens is 348 g/mol. The van der Waals surface area contributed by atoms with E-state index in [1.165, 1.54) is 10.7 Å². The van der Waals surface area contributed by atoms with Crippen LogP contribution in [0.2, 0.25) is 0 Å². The van der Waals surface area contributed by atoms with E-state index < -0.39 is 29.0 Å². The molecule has 9 heteroatoms. The molecule has 0 amide bonds. The fourth-order valence-corrected chi connectivity index (χ4v) is 2.78. The van der Waals surface area contributed by atoms with Gasteiger partial charge in [0.25, 0.3) is 0 Å². The smallest absolute Gasteiger partial charge is 0.250 e. The fraction of sp³-hybridized carbons (Fsp3) is 0.250. The van der Waals surface area contributed by atoms with Crippen molar-refractivity contribution in [1.82, 2.24) is 14.8 Å². The van der Waals surface area contributed by atoms with Crippen LogP contribution in [0.4, 0.5) is 26.3 Å². The summed E-state index contributed by atoms with van der Waals surface area (Å²) in [5, 5.41) is 4.47. The van der Waals surface area contributed by atoms with Crippen molar-refractivity contribution in [3.63, 3.8) is 0 Å². The summed E-state index contributed by atoms with van der Waals surface area (Å²) < 4.78 is 81.2. The van der Waals surface area contributed by atoms with E-state index in [1.807, 2.05) is 0 Å². The van der Waals surface area contributed by atoms with Gasteiger partial charge in [-0.05, 0) is 25.1 Å². The highest BCUT2D eigenvalue weighted by atomic mass is 19.4. The van der Waals surface area contributed by atoms with E-state index in [1.54, 1.807) is 14.0 Å². The topological polar surface area (TPSA) is 30.7 Å². The standard InChI is InChI=1S/C16H11F6N3/c1-8-10-6-9(7-23-14(10)25(2)24-8)13-11(15(17,18)19)4-3-5-12(13)16(20,21)22/h3-7H,1-2H3. The lowest BCUT2D eigenvalue weighted by atomic mass is 9.94. The minimum Gasteiger partial charge on any atom is -0.250 e. The number of nitrogens with zero attached hydrogens (tertiary/aromatic N) is 3. The van der Waals surface area contributed by atoms with Crippen LogP contribution in [0.5, 0.6) is 0 Å². The zero-order valence-corrected chi connectivity index (χ0v) is 13.0. The summed E-state index contributed by atoms with van der Waals surface area (Å²) in [6.07, 6.45) is -8.87. The number of aromatic nitrogens is 3. The lowest BCUT2D eigenvalue weighted by Gasteiger charge is -2.18. The molecule has 0 aliphatic rings. The lowest BCUT2D eigenvalue weighted by Crippen LogP contribution is -2.14. The molecule has 3 nitrogen and oxygen atoms in total. The molecule has 3 rings (SSSR count). The predicted octanol–water partition coefficient (Wildman–Crippen LogP) is 4.98. The van der Waals surface area contributed by atoms with Crippen LogP contribution >= 0.6 is 0 Å². The van der Waals surface area contributed by atoms with E-state index in [2.05, 4.69) is 10.1 Å². The van der Waals surface area contributed by atoms with Crippen LogP contribution in [-0.2, 0) is 19.4 Å². The molecule has 2 aromatic heterocycles. The number of pyridine rings is 1. The average molecular weight is 359 g/mol. The molecular formula is C16H11F6N3. The minimum absolute atomic E-state index is 0.260. The summed E-state index contributed by atoms with van der Waals surface area (Å²) >= 11 is 0. The number of aryl methyl sites for hydroxylation is 2. The zero-order valence-electron chi connectivity index (χ0n) is 13.0. The normalized spacial score (nSPS) is 12.8. The van der Waals surface area contributed by atoms with Gasteiger partial charge in [0, 0.05) is 29.8 Å². The first kappa shape index (κ1) is 17.2. The average Bonchev–Trinajstić information content (AvgIpc) is 2.79. The summed E-state index contributed by atoms with van der Waals surface area (Å²) in [6, 6.07) is 3.26. The van der Waals surface area contributed by atoms with Crippen molar-refractivity contribution in [3.8, 4) is 11.1 Å². The second-order valence-corrected chi connectivity index (χ2v) is 5.53. The third kappa shape index (κ3) is 2.94. The van der Waals surface area contributed by atoms with Gasteiger partial charge in [0.15, 0.2) is 5.65 Å². The highest BCUT2D eigenvalue weighted by Crippen LogP contribution is 2.44. The van der Waals surface area contributed by atoms with Crippen LogP contribution in [0, 0.1) is 6.92 Å². The molecule has 0 aliphatic carbocycles. The third-order valence-electron chi connectivity index (χ3n) is 3.83. The Balaban J connectivity index is 2.37. The lowest BCUT2D eigenvalue weighted by molar-refractivity contribution is -0.142. The number of fused-ring (bicyclic) bond motifs is 1. The summed E-state index contributed by atoms with van der Waals surface area (Å²) in [6.45, 7) is 1.61. The summed E-state index contributed by atoms with van der Waals surface area (Å²) in [4.78, 5) is 3.99. The van der Waals surface area contributed by atoms with Crippen molar-refractivity contribution in [3.05, 3.63) is 47.3 Å². The number of benzene rings is 1. The Kier molecular flexibility index (Phi) is 3.77. The first-order valence-corrected chi connectivity index (χ1v) is 7.07. The SMILES string of the molecule is Cc1nn(C)c2ncc(-c3c(C(F)(F)F)cccc3C(F)(F)F)cc12. The van der Waals surface area contributed by atoms with Gasteiger partial charge in [-0.15, -0.1) is 0 Å². The van der Waals surface area contributed by atoms with E-state index >= 15 is 0 Å². The van der Waals surface area contributed by atoms with Gasteiger partial charge >= 0.3 is 12.4 Å². The molecule has 3 aromatic rings. The molecule has 0 unspecified atom stereocenters. The van der Waals surface area contributed by atoms with Crippen molar-refractivity contribution >= 4 is 11.0 Å². The van der Waals surface area contributed by atoms with E-state index in [0.29, 0.717) is 28.9 Å². The van der Waals surface area contributed by atoms with Crippen LogP contribution in [0.1, 0.15) is 16.8 Å². The summed E-state index contributed by atoms with van der Waals surface area (Å²) in [7, 11) is 1.59. The Morgan fingerprint density at radius 2 is 1.52 bits per heavy atom. The van der Waals surface area contributed by atoms with E-state index in [-0.39, 0.29) is 5.56 Å². The van der Waals surface area contributed by atoms with E-state index in [0.717, 1.165) is 12.3 Å². The highest BCUT2D eigenvalue weighted by molar-refractivity contribution is 5.85. The number of rotatable bonds is 1. The van der Waals surface area contributed by atoms with Crippen molar-refractivity contribution in [2.45, 2.75) is 19.3 Å². The van der Waals surface area contributed by atoms with Gasteiger partial charge in [-0.25, -0.2) is 4.98 Å². The van der Waals surface area contributed by atoms with Gasteiger partial charge in [0.2, 0.25) is 0 Å². The Labute approximate surface area is 137 Å². The van der Waals surface area contributed by atoms with Gasteiger partial charge in [-0.2, -0.15) is 31.4 Å². The molecule has 132 valence electrons. The fourth-order valence-electron chi connectivity index (χ4n) is 2.78. The molecule has 0 atom stereocenters. The van der Waals surface area contributed by atoms with E-state index in [4.69, 9.17) is 0 Å². The molecule has 0 saturated carbocycles. The maximum Gasteiger partial charge on any atom is 0.417 e. The minimum atomic E-state index is -4.93. The molecule has 0 aliphatic heterocycles. The van der Waals surface area contributed by atoms with Crippen LogP contribution in [0.15, 0.2) is 30.5 Å². The van der Waals surface area contributed by atoms with Crippen LogP contribution in [-0.4, -0.2) is 14.8 Å². The largest absolute Gasteiger partial charge is 0.417 e. The van der Waals surface area contributed by atoms with Gasteiger partial charge in [-0.3, -0.25) is 4.68 Å². The Morgan fingerprint density at radius 3 is 2.04 bits per heavy atom. The molecule has 0 radical (unpaired) electrons. The Bertz CT molecular complexity index is 921. The van der Waals surface area contributed by atoms with Gasteiger partial charge < -0.3 is 0 Å². The third-order valence-corrected chi connectivity index (χ3v) is 3.83. The van der Waals surface area contributed by atoms with Crippen LogP contribution in [0.25, 0.3) is 22.2 Å². The van der Waals surface area contributed by atoms with Crippen molar-refractivity contribution in [2.75, 3.05) is 0 Å². The number of hydrogen-bond acceptors (Lipinski definition) is 2. The van der Waals surface area contributed by atoms with Crippen LogP contribution in [0.3, 0.4) is 0 Å². The van der Waals surface area contributed by atoms with Crippen LogP contribution < -0.4 is 0 Å². The number of alkyl halides is 6. The maximum atomic E-state index is 13.3. The first-order chi connectivity index (χ1) is 11.5. The molecule has 0 N–H and O–H groups in total. The second-order valence-electron chi connectivity index (χ2n) is 5.53. The molecule has 0 fully saturated rings. The van der Waals surface area contributed by atoms with Crippen molar-refractivity contribution in [2.24, 2.45) is 7.05 Å². The number of halogens is 6. The Morgan fingerprint density at radius 1 is 0.960 bits per heavy atom. The predicted molar refractivity (Wildman–Crippen MR) is 78.7 cm³/mol. The number of hydrogen-bond donors (Lipinski definition) is 0. The maximum absolute atomic E-state index is 13.3. The molecule has 0 spiro atoms. The molecule has 2 heterocycles. The zero-order chi connectivity index (χ0) is 18.6. The van der Waals surface area contributed by atoms with Gasteiger partial charge in [0.05, 0.1) is 16.8 Å². The Hall–Kier alpha value is -2.58. The molecule has 0 saturated heterocycles. The monoisotopic (exact) mass is 359 g/mol. The van der Waals surface area contributed by atoms with Crippen molar-refractivity contribution in [1.29, 1.82) is 0 Å². The molecule has 25 heavy (non-hydrogen) atoms. The summed E-state index contributed by atoms with van der Waals surface area (Å²) in [5.41, 5.74) is -3.07. The van der Waals surface area contributed by atoms with E-state index in [9.17, 15) is 26.3 Å². The highest BCUT2D eigenvalue weighted by Gasteiger charge is 2.41. The quantitative estimate of drug-likeness (QED) is 0.574. The van der Waals surface area contributed by atoms with Gasteiger partial charge in [0.1, 0.15) is 0 Å². The van der Waals surface area contributed by atoms with Crippen molar-refractivity contribution < 1.29 is 26.3 Å².